The first-order valence-electron chi connectivity index (χ1n) is 12.0. The van der Waals surface area contributed by atoms with Gasteiger partial charge in [0, 0.05) is 30.6 Å². The minimum Gasteiger partial charge on any atom is -0.487 e. The molecule has 0 radical (unpaired) electrons. The van der Waals surface area contributed by atoms with Gasteiger partial charge in [-0.15, -0.1) is 24.8 Å². The number of nitrogens with zero attached hydrogens (tertiary/aromatic N) is 2. The van der Waals surface area contributed by atoms with Gasteiger partial charge in [-0.05, 0) is 51.5 Å². The van der Waals surface area contributed by atoms with E-state index in [2.05, 4.69) is 42.1 Å². The summed E-state index contributed by atoms with van der Waals surface area (Å²) in [4.78, 5) is 4.84. The highest BCUT2D eigenvalue weighted by Crippen LogP contribution is 2.45. The fourth-order valence-electron chi connectivity index (χ4n) is 5.41. The largest absolute Gasteiger partial charge is 0.487 e. The molecule has 2 fully saturated rings. The van der Waals surface area contributed by atoms with Crippen LogP contribution in [0.5, 0.6) is 5.75 Å². The van der Waals surface area contributed by atoms with E-state index in [9.17, 15) is 5.11 Å². The van der Waals surface area contributed by atoms with Crippen molar-refractivity contribution in [2.75, 3.05) is 33.7 Å². The highest BCUT2D eigenvalue weighted by Gasteiger charge is 2.42. The average molecular weight is 530 g/mol. The number of likely N-dealkylation sites (tertiary alicyclic amines) is 1. The van der Waals surface area contributed by atoms with Crippen molar-refractivity contribution in [2.24, 2.45) is 0 Å². The summed E-state index contributed by atoms with van der Waals surface area (Å²) in [6, 6.07) is 16.8. The third-order valence-electron chi connectivity index (χ3n) is 7.39. The van der Waals surface area contributed by atoms with Crippen LogP contribution in [0, 0.1) is 0 Å². The lowest BCUT2D eigenvalue weighted by Crippen LogP contribution is -2.44. The number of benzene rings is 2. The Balaban J connectivity index is 0.00000204. The Morgan fingerprint density at radius 1 is 1.06 bits per heavy atom. The number of hydrogen-bond donors (Lipinski definition) is 1. The van der Waals surface area contributed by atoms with Gasteiger partial charge in [0.25, 0.3) is 0 Å². The molecule has 0 amide bonds. The Bertz CT molecular complexity index is 875. The van der Waals surface area contributed by atoms with Gasteiger partial charge in [-0.1, -0.05) is 73.3 Å². The van der Waals surface area contributed by atoms with E-state index in [-0.39, 0.29) is 30.7 Å². The summed E-state index contributed by atoms with van der Waals surface area (Å²) in [5.41, 5.74) is 1.44. The van der Waals surface area contributed by atoms with Crippen LogP contribution in [0.3, 0.4) is 0 Å². The number of ether oxygens (including phenoxy) is 1. The molecule has 0 aromatic heterocycles. The highest BCUT2D eigenvalue weighted by molar-refractivity contribution is 6.32. The van der Waals surface area contributed by atoms with Gasteiger partial charge >= 0.3 is 0 Å². The van der Waals surface area contributed by atoms with Crippen LogP contribution in [-0.4, -0.2) is 60.3 Å². The lowest BCUT2D eigenvalue weighted by Gasteiger charge is -2.42. The van der Waals surface area contributed by atoms with Crippen molar-refractivity contribution in [3.05, 3.63) is 64.7 Å². The molecule has 190 valence electrons. The van der Waals surface area contributed by atoms with E-state index in [1.54, 1.807) is 0 Å². The summed E-state index contributed by atoms with van der Waals surface area (Å²) in [6.45, 7) is 3.41. The molecule has 0 spiro atoms. The van der Waals surface area contributed by atoms with Gasteiger partial charge in [0.2, 0.25) is 0 Å². The zero-order valence-electron chi connectivity index (χ0n) is 20.3. The first kappa shape index (κ1) is 29.2. The maximum atomic E-state index is 11.9. The summed E-state index contributed by atoms with van der Waals surface area (Å²) >= 11 is 6.68. The third-order valence-corrected chi connectivity index (χ3v) is 7.68. The Labute approximate surface area is 222 Å². The van der Waals surface area contributed by atoms with E-state index in [0.717, 1.165) is 62.2 Å². The molecular weight excluding hydrogens is 491 g/mol. The quantitative estimate of drug-likeness (QED) is 0.443. The van der Waals surface area contributed by atoms with Crippen LogP contribution in [0.15, 0.2) is 48.5 Å². The molecule has 1 N–H and O–H groups in total. The molecule has 1 saturated heterocycles. The number of para-hydroxylation sites is 1. The number of aliphatic hydroxyl groups is 1. The lowest BCUT2D eigenvalue weighted by atomic mass is 9.72. The summed E-state index contributed by atoms with van der Waals surface area (Å²) in [5, 5.41) is 12.5. The molecule has 34 heavy (non-hydrogen) atoms. The summed E-state index contributed by atoms with van der Waals surface area (Å²) in [6.07, 6.45) is 6.21. The van der Waals surface area contributed by atoms with Crippen molar-refractivity contribution in [3.63, 3.8) is 0 Å². The fourth-order valence-corrected chi connectivity index (χ4v) is 5.65. The average Bonchev–Trinajstić information content (AvgIpc) is 3.27. The van der Waals surface area contributed by atoms with E-state index in [1.165, 1.54) is 12.8 Å². The maximum absolute atomic E-state index is 11.9. The monoisotopic (exact) mass is 528 g/mol. The predicted molar refractivity (Wildman–Crippen MR) is 146 cm³/mol. The van der Waals surface area contributed by atoms with Gasteiger partial charge in [0.05, 0.1) is 10.6 Å². The van der Waals surface area contributed by atoms with E-state index in [1.807, 2.05) is 30.3 Å². The van der Waals surface area contributed by atoms with Gasteiger partial charge in [-0.25, -0.2) is 0 Å². The van der Waals surface area contributed by atoms with E-state index in [4.69, 9.17) is 16.3 Å². The molecule has 1 unspecified atom stereocenters. The lowest BCUT2D eigenvalue weighted by molar-refractivity contribution is -0.0303. The second-order valence-corrected chi connectivity index (χ2v) is 10.2. The first-order valence-corrected chi connectivity index (χ1v) is 12.4. The van der Waals surface area contributed by atoms with E-state index < -0.39 is 5.60 Å². The molecule has 1 aliphatic heterocycles. The van der Waals surface area contributed by atoms with Gasteiger partial charge in [0.1, 0.15) is 12.4 Å². The number of rotatable bonds is 8. The maximum Gasteiger partial charge on any atom is 0.142 e. The standard InChI is InChI=1S/C27H37ClN2O2.2ClH/c1-29(2)22-14-17-30(18-22)19-24(27(31)15-7-4-8-16-27)23-12-9-13-25(28)26(23)32-20-21-10-5-3-6-11-21;;/h3,5-6,9-13,22,24,31H,4,7-8,14-20H2,1-2H3;2*1H/t22-,24?;;/m0../s1. The zero-order valence-corrected chi connectivity index (χ0v) is 22.7. The first-order chi connectivity index (χ1) is 15.5. The van der Waals surface area contributed by atoms with Crippen molar-refractivity contribution in [1.82, 2.24) is 9.80 Å². The minimum atomic E-state index is -0.718. The van der Waals surface area contributed by atoms with Crippen LogP contribution >= 0.6 is 36.4 Å². The summed E-state index contributed by atoms with van der Waals surface area (Å²) < 4.78 is 6.32. The predicted octanol–water partition coefficient (Wildman–Crippen LogP) is 6.18. The van der Waals surface area contributed by atoms with Gasteiger partial charge < -0.3 is 19.6 Å². The fraction of sp³-hybridized carbons (Fsp3) is 0.556. The Morgan fingerprint density at radius 3 is 2.41 bits per heavy atom. The second kappa shape index (κ2) is 13.3. The smallest absolute Gasteiger partial charge is 0.142 e. The van der Waals surface area contributed by atoms with Crippen LogP contribution in [0.2, 0.25) is 5.02 Å². The summed E-state index contributed by atoms with van der Waals surface area (Å²) in [5.74, 6) is 0.707. The van der Waals surface area contributed by atoms with Gasteiger partial charge in [-0.3, -0.25) is 0 Å². The van der Waals surface area contributed by atoms with Crippen LogP contribution in [0.1, 0.15) is 55.6 Å². The third kappa shape index (κ3) is 7.02. The van der Waals surface area contributed by atoms with Crippen LogP contribution in [0.25, 0.3) is 0 Å². The number of halogens is 3. The molecule has 2 aromatic carbocycles. The molecule has 4 rings (SSSR count). The summed E-state index contributed by atoms with van der Waals surface area (Å²) in [7, 11) is 4.32. The molecule has 2 atom stereocenters. The molecule has 1 saturated carbocycles. The highest BCUT2D eigenvalue weighted by atomic mass is 35.5. The van der Waals surface area contributed by atoms with Gasteiger partial charge in [-0.2, -0.15) is 0 Å². The Morgan fingerprint density at radius 2 is 1.76 bits per heavy atom. The zero-order chi connectivity index (χ0) is 22.6. The molecule has 2 aromatic rings. The number of hydrogen-bond acceptors (Lipinski definition) is 4. The molecule has 7 heteroatoms. The van der Waals surface area contributed by atoms with Crippen molar-refractivity contribution in [1.29, 1.82) is 0 Å². The molecule has 0 bridgehead atoms. The van der Waals surface area contributed by atoms with Crippen LogP contribution in [0.4, 0.5) is 0 Å². The van der Waals surface area contributed by atoms with Crippen molar-refractivity contribution >= 4 is 36.4 Å². The molecule has 4 nitrogen and oxygen atoms in total. The molecular formula is C27H39Cl3N2O2. The molecule has 1 heterocycles. The van der Waals surface area contributed by atoms with Crippen molar-refractivity contribution in [2.45, 2.75) is 62.7 Å². The molecule has 2 aliphatic rings. The topological polar surface area (TPSA) is 35.9 Å². The van der Waals surface area contributed by atoms with Crippen molar-refractivity contribution in [3.8, 4) is 5.75 Å². The second-order valence-electron chi connectivity index (χ2n) is 9.81. The molecule has 1 aliphatic carbocycles. The van der Waals surface area contributed by atoms with Gasteiger partial charge in [0.15, 0.2) is 0 Å². The Hall–Kier alpha value is -1.01. The van der Waals surface area contributed by atoms with E-state index >= 15 is 0 Å². The SMILES string of the molecule is CN(C)[C@H]1CCN(CC(c2cccc(Cl)c2OCc2ccccc2)C2(O)CCCCC2)C1.Cl.Cl. The van der Waals surface area contributed by atoms with Crippen molar-refractivity contribution < 1.29 is 9.84 Å². The van der Waals surface area contributed by atoms with Crippen LogP contribution in [-0.2, 0) is 6.61 Å². The van der Waals surface area contributed by atoms with Crippen LogP contribution < -0.4 is 4.74 Å². The van der Waals surface area contributed by atoms with E-state index in [0.29, 0.717) is 17.7 Å². The minimum absolute atomic E-state index is 0. The Kier molecular flexibility index (Phi) is 11.5. The normalized spacial score (nSPS) is 20.9. The number of likely N-dealkylation sites (N-methyl/N-ethyl adjacent to an activating group) is 1.